The molecule has 1 aliphatic heterocycles. The third-order valence-corrected chi connectivity index (χ3v) is 3.51. The van der Waals surface area contributed by atoms with E-state index < -0.39 is 0 Å². The van der Waals surface area contributed by atoms with Crippen molar-refractivity contribution in [3.8, 4) is 0 Å². The van der Waals surface area contributed by atoms with Gasteiger partial charge in [0, 0.05) is 12.2 Å². The number of aryl methyl sites for hydroxylation is 1. The van der Waals surface area contributed by atoms with Crippen molar-refractivity contribution in [2.75, 3.05) is 38.5 Å². The summed E-state index contributed by atoms with van der Waals surface area (Å²) in [5, 5.41) is 6.15. The minimum absolute atomic E-state index is 0.0250. The van der Waals surface area contributed by atoms with Crippen LogP contribution in [0.5, 0.6) is 0 Å². The molecule has 4 nitrogen and oxygen atoms in total. The Morgan fingerprint density at radius 3 is 3.00 bits per heavy atom. The first-order valence-corrected chi connectivity index (χ1v) is 6.89. The summed E-state index contributed by atoms with van der Waals surface area (Å²) in [6, 6.07) is 7.86. The van der Waals surface area contributed by atoms with E-state index in [0.717, 1.165) is 24.3 Å². The first-order chi connectivity index (χ1) is 9.13. The van der Waals surface area contributed by atoms with E-state index in [0.29, 0.717) is 12.5 Å². The van der Waals surface area contributed by atoms with Gasteiger partial charge >= 0.3 is 0 Å². The van der Waals surface area contributed by atoms with Crippen LogP contribution >= 0.6 is 0 Å². The molecule has 1 unspecified atom stereocenters. The lowest BCUT2D eigenvalue weighted by Gasteiger charge is -2.12. The molecule has 0 spiro atoms. The number of carbonyl (C=O) groups is 1. The fourth-order valence-corrected chi connectivity index (χ4v) is 2.51. The maximum atomic E-state index is 11.8. The highest BCUT2D eigenvalue weighted by atomic mass is 16.1. The van der Waals surface area contributed by atoms with E-state index in [2.05, 4.69) is 22.6 Å². The molecule has 2 N–H and O–H groups in total. The molecule has 4 heteroatoms. The molecule has 1 atom stereocenters. The number of hydrogen-bond acceptors (Lipinski definition) is 3. The second-order valence-corrected chi connectivity index (χ2v) is 5.47. The summed E-state index contributed by atoms with van der Waals surface area (Å²) in [7, 11) is 2.14. The first kappa shape index (κ1) is 14.0. The molecular weight excluding hydrogens is 238 g/mol. The zero-order valence-electron chi connectivity index (χ0n) is 11.8. The van der Waals surface area contributed by atoms with Crippen molar-refractivity contribution in [1.82, 2.24) is 10.2 Å². The van der Waals surface area contributed by atoms with Crippen LogP contribution in [0.2, 0.25) is 0 Å². The molecule has 19 heavy (non-hydrogen) atoms. The fourth-order valence-electron chi connectivity index (χ4n) is 2.51. The molecule has 1 aromatic carbocycles. The van der Waals surface area contributed by atoms with Gasteiger partial charge in [0.15, 0.2) is 0 Å². The number of anilines is 1. The van der Waals surface area contributed by atoms with Gasteiger partial charge in [-0.2, -0.15) is 0 Å². The molecule has 1 saturated heterocycles. The van der Waals surface area contributed by atoms with Crippen LogP contribution < -0.4 is 10.6 Å². The largest absolute Gasteiger partial charge is 0.325 e. The number of carbonyl (C=O) groups excluding carboxylic acids is 1. The van der Waals surface area contributed by atoms with E-state index in [1.165, 1.54) is 13.0 Å². The van der Waals surface area contributed by atoms with Gasteiger partial charge in [0.05, 0.1) is 6.54 Å². The normalized spacial score (nSPS) is 19.6. The second kappa shape index (κ2) is 6.68. The Morgan fingerprint density at radius 1 is 1.47 bits per heavy atom. The Morgan fingerprint density at radius 2 is 2.32 bits per heavy atom. The molecule has 104 valence electrons. The lowest BCUT2D eigenvalue weighted by Crippen LogP contribution is -2.32. The quantitative estimate of drug-likeness (QED) is 0.844. The Kier molecular flexibility index (Phi) is 4.93. The van der Waals surface area contributed by atoms with Crippen molar-refractivity contribution in [2.24, 2.45) is 5.92 Å². The molecule has 1 heterocycles. The fraction of sp³-hybridized carbons (Fsp3) is 0.533. The predicted molar refractivity (Wildman–Crippen MR) is 78.3 cm³/mol. The Balaban J connectivity index is 1.67. The highest BCUT2D eigenvalue weighted by Crippen LogP contribution is 2.12. The lowest BCUT2D eigenvalue weighted by molar-refractivity contribution is -0.115. The SMILES string of the molecule is Cc1cccc(NC(=O)CNCC2CCN(C)C2)c1. The molecule has 0 aliphatic carbocycles. The van der Waals surface area contributed by atoms with Crippen molar-refractivity contribution >= 4 is 11.6 Å². The maximum Gasteiger partial charge on any atom is 0.238 e. The minimum Gasteiger partial charge on any atom is -0.325 e. The van der Waals surface area contributed by atoms with Crippen molar-refractivity contribution < 1.29 is 4.79 Å². The lowest BCUT2D eigenvalue weighted by atomic mass is 10.1. The third-order valence-electron chi connectivity index (χ3n) is 3.51. The Hall–Kier alpha value is -1.39. The van der Waals surface area contributed by atoms with Crippen molar-refractivity contribution in [2.45, 2.75) is 13.3 Å². The van der Waals surface area contributed by atoms with E-state index in [9.17, 15) is 4.79 Å². The predicted octanol–water partition coefficient (Wildman–Crippen LogP) is 1.47. The van der Waals surface area contributed by atoms with Crippen LogP contribution in [0.4, 0.5) is 5.69 Å². The Bertz CT molecular complexity index is 433. The molecular formula is C15H23N3O. The number of likely N-dealkylation sites (tertiary alicyclic amines) is 1. The van der Waals surface area contributed by atoms with Crippen LogP contribution in [-0.4, -0.2) is 44.0 Å². The first-order valence-electron chi connectivity index (χ1n) is 6.89. The van der Waals surface area contributed by atoms with Crippen LogP contribution in [0.3, 0.4) is 0 Å². The van der Waals surface area contributed by atoms with Crippen molar-refractivity contribution in [3.63, 3.8) is 0 Å². The van der Waals surface area contributed by atoms with Gasteiger partial charge in [0.25, 0.3) is 0 Å². The van der Waals surface area contributed by atoms with Crippen LogP contribution in [-0.2, 0) is 4.79 Å². The molecule has 1 aromatic rings. The van der Waals surface area contributed by atoms with Crippen molar-refractivity contribution in [1.29, 1.82) is 0 Å². The second-order valence-electron chi connectivity index (χ2n) is 5.47. The summed E-state index contributed by atoms with van der Waals surface area (Å²) >= 11 is 0. The number of rotatable bonds is 5. The topological polar surface area (TPSA) is 44.4 Å². The van der Waals surface area contributed by atoms with Crippen LogP contribution in [0.1, 0.15) is 12.0 Å². The summed E-state index contributed by atoms with van der Waals surface area (Å²) in [6.45, 7) is 5.62. The molecule has 0 aromatic heterocycles. The summed E-state index contributed by atoms with van der Waals surface area (Å²) in [5.74, 6) is 0.703. The number of amides is 1. The van der Waals surface area contributed by atoms with E-state index in [-0.39, 0.29) is 5.91 Å². The summed E-state index contributed by atoms with van der Waals surface area (Å²) in [6.07, 6.45) is 1.23. The van der Waals surface area contributed by atoms with Gasteiger partial charge in [0.2, 0.25) is 5.91 Å². The number of nitrogens with zero attached hydrogens (tertiary/aromatic N) is 1. The van der Waals surface area contributed by atoms with E-state index in [1.54, 1.807) is 0 Å². The molecule has 1 fully saturated rings. The molecule has 2 rings (SSSR count). The van der Waals surface area contributed by atoms with Crippen LogP contribution in [0.15, 0.2) is 24.3 Å². The van der Waals surface area contributed by atoms with Gasteiger partial charge in [-0.15, -0.1) is 0 Å². The number of nitrogens with one attached hydrogen (secondary N) is 2. The molecule has 0 radical (unpaired) electrons. The van der Waals surface area contributed by atoms with Gasteiger partial charge in [-0.1, -0.05) is 12.1 Å². The summed E-state index contributed by atoms with van der Waals surface area (Å²) in [4.78, 5) is 14.1. The van der Waals surface area contributed by atoms with E-state index in [1.807, 2.05) is 31.2 Å². The van der Waals surface area contributed by atoms with Gasteiger partial charge < -0.3 is 15.5 Å². The standard InChI is InChI=1S/C15H23N3O/c1-12-4-3-5-14(8-12)17-15(19)10-16-9-13-6-7-18(2)11-13/h3-5,8,13,16H,6-7,9-11H2,1-2H3,(H,17,19). The minimum atomic E-state index is 0.0250. The smallest absolute Gasteiger partial charge is 0.238 e. The highest BCUT2D eigenvalue weighted by Gasteiger charge is 2.18. The average molecular weight is 261 g/mol. The molecule has 0 saturated carbocycles. The molecule has 1 amide bonds. The Labute approximate surface area is 115 Å². The highest BCUT2D eigenvalue weighted by molar-refractivity contribution is 5.92. The molecule has 1 aliphatic rings. The summed E-state index contributed by atoms with van der Waals surface area (Å²) in [5.41, 5.74) is 2.02. The van der Waals surface area contributed by atoms with Gasteiger partial charge in [-0.05, 0) is 57.1 Å². The van der Waals surface area contributed by atoms with E-state index in [4.69, 9.17) is 0 Å². The summed E-state index contributed by atoms with van der Waals surface area (Å²) < 4.78 is 0. The number of benzene rings is 1. The molecule has 0 bridgehead atoms. The zero-order valence-corrected chi connectivity index (χ0v) is 11.8. The third kappa shape index (κ3) is 4.65. The van der Waals surface area contributed by atoms with E-state index >= 15 is 0 Å². The monoisotopic (exact) mass is 261 g/mol. The van der Waals surface area contributed by atoms with Gasteiger partial charge in [0.1, 0.15) is 0 Å². The zero-order chi connectivity index (χ0) is 13.7. The maximum absolute atomic E-state index is 11.8. The van der Waals surface area contributed by atoms with Gasteiger partial charge in [-0.25, -0.2) is 0 Å². The van der Waals surface area contributed by atoms with Gasteiger partial charge in [-0.3, -0.25) is 4.79 Å². The van der Waals surface area contributed by atoms with Crippen molar-refractivity contribution in [3.05, 3.63) is 29.8 Å². The van der Waals surface area contributed by atoms with Crippen LogP contribution in [0.25, 0.3) is 0 Å². The van der Waals surface area contributed by atoms with Crippen LogP contribution in [0, 0.1) is 12.8 Å². The number of hydrogen-bond donors (Lipinski definition) is 2. The average Bonchev–Trinajstić information content (AvgIpc) is 2.75.